The van der Waals surface area contributed by atoms with E-state index in [-0.39, 0.29) is 12.5 Å². The van der Waals surface area contributed by atoms with Crippen molar-refractivity contribution >= 4 is 13.7 Å². The average Bonchev–Trinajstić information content (AvgIpc) is 2.92. The van der Waals surface area contributed by atoms with Gasteiger partial charge in [0.2, 0.25) is 5.91 Å². The summed E-state index contributed by atoms with van der Waals surface area (Å²) in [5, 5.41) is 13.5. The number of aliphatic hydroxyl groups excluding tert-OH is 1. The van der Waals surface area contributed by atoms with E-state index in [4.69, 9.17) is 9.05 Å². The van der Waals surface area contributed by atoms with Crippen molar-refractivity contribution in [3.8, 4) is 0 Å². The molecule has 0 aromatic carbocycles. The topological polar surface area (TPSA) is 108 Å². The second kappa shape index (κ2) is 26.2. The molecule has 42 heavy (non-hydrogen) atoms. The number of aliphatic hydroxyl groups is 1. The van der Waals surface area contributed by atoms with Gasteiger partial charge in [-0.25, -0.2) is 0 Å². The van der Waals surface area contributed by atoms with Crippen molar-refractivity contribution in [3.05, 3.63) is 36.5 Å². The van der Waals surface area contributed by atoms with E-state index in [2.05, 4.69) is 43.5 Å². The molecule has 0 aromatic rings. The molecular formula is C33H63N2O6P. The lowest BCUT2D eigenvalue weighted by Crippen LogP contribution is -2.45. The maximum atomic E-state index is 12.5. The first-order valence-electron chi connectivity index (χ1n) is 16.4. The lowest BCUT2D eigenvalue weighted by atomic mass is 10.1. The molecule has 0 aliphatic rings. The summed E-state index contributed by atoms with van der Waals surface area (Å²) < 4.78 is 22.8. The Labute approximate surface area is 257 Å². The van der Waals surface area contributed by atoms with Crippen molar-refractivity contribution in [3.63, 3.8) is 0 Å². The molecule has 3 atom stereocenters. The van der Waals surface area contributed by atoms with Crippen LogP contribution in [0.5, 0.6) is 0 Å². The van der Waals surface area contributed by atoms with Crippen LogP contribution in [0.3, 0.4) is 0 Å². The summed E-state index contributed by atoms with van der Waals surface area (Å²) in [6.07, 6.45) is 28.0. The Bertz CT molecular complexity index is 794. The highest BCUT2D eigenvalue weighted by molar-refractivity contribution is 7.45. The van der Waals surface area contributed by atoms with Gasteiger partial charge in [-0.2, -0.15) is 0 Å². The second-order valence-corrected chi connectivity index (χ2v) is 13.6. The van der Waals surface area contributed by atoms with Gasteiger partial charge in [0.25, 0.3) is 7.82 Å². The molecule has 0 radical (unpaired) electrons. The van der Waals surface area contributed by atoms with Crippen molar-refractivity contribution in [1.29, 1.82) is 0 Å². The fraction of sp³-hybridized carbons (Fsp3) is 0.788. The predicted molar refractivity (Wildman–Crippen MR) is 173 cm³/mol. The monoisotopic (exact) mass is 614 g/mol. The van der Waals surface area contributed by atoms with Gasteiger partial charge in [-0.05, 0) is 44.9 Å². The Kier molecular flexibility index (Phi) is 25.4. The molecule has 3 unspecified atom stereocenters. The van der Waals surface area contributed by atoms with Crippen molar-refractivity contribution in [1.82, 2.24) is 5.32 Å². The number of nitrogens with zero attached hydrogens (tertiary/aromatic N) is 1. The molecule has 1 amide bonds. The number of carbonyl (C=O) groups is 1. The fourth-order valence-electron chi connectivity index (χ4n) is 4.12. The third-order valence-corrected chi connectivity index (χ3v) is 7.79. The molecule has 2 N–H and O–H groups in total. The number of phosphoric acid groups is 1. The Morgan fingerprint density at radius 1 is 0.810 bits per heavy atom. The second-order valence-electron chi connectivity index (χ2n) is 12.1. The molecule has 0 aromatic heterocycles. The van der Waals surface area contributed by atoms with E-state index in [0.717, 1.165) is 57.8 Å². The van der Waals surface area contributed by atoms with Crippen LogP contribution < -0.4 is 10.2 Å². The van der Waals surface area contributed by atoms with Gasteiger partial charge in [-0.3, -0.25) is 9.36 Å². The molecule has 0 spiro atoms. The van der Waals surface area contributed by atoms with E-state index >= 15 is 0 Å². The van der Waals surface area contributed by atoms with E-state index in [9.17, 15) is 19.4 Å². The molecule has 0 saturated carbocycles. The maximum absolute atomic E-state index is 12.5. The van der Waals surface area contributed by atoms with Crippen LogP contribution in [0, 0.1) is 0 Å². The minimum atomic E-state index is -4.57. The van der Waals surface area contributed by atoms with Crippen molar-refractivity contribution in [2.45, 2.75) is 129 Å². The SMILES string of the molecule is CCCCCCC/C=C/CC/C=C/CC/C=C/C(O)C(COP(=O)([O-])OCC[N+](C)(C)C)NC(=O)CCCCCCC. The minimum absolute atomic E-state index is 0.00947. The number of phosphoric ester groups is 1. The van der Waals surface area contributed by atoms with Gasteiger partial charge in [0.1, 0.15) is 13.2 Å². The summed E-state index contributed by atoms with van der Waals surface area (Å²) >= 11 is 0. The summed E-state index contributed by atoms with van der Waals surface area (Å²) in [4.78, 5) is 24.8. The molecule has 0 rings (SSSR count). The standard InChI is InChI=1S/C33H63N2O6P/c1-6-8-10-12-13-14-15-16-17-18-19-20-21-23-24-26-32(36)31(34-33(37)27-25-22-11-9-7-2)30-41-42(38,39)40-29-28-35(3,4)5/h15-16,19-20,24,26,31-32,36H,6-14,17-18,21-23,25,27-30H2,1-5H3,(H-,34,37,38,39)/b16-15+,20-19+,26-24+. The number of rotatable bonds is 28. The number of unbranched alkanes of at least 4 members (excludes halogenated alkanes) is 11. The average molecular weight is 615 g/mol. The Balaban J connectivity index is 4.63. The number of quaternary nitrogens is 1. The smallest absolute Gasteiger partial charge is 0.268 e. The number of carbonyl (C=O) groups excluding carboxylic acids is 1. The van der Waals surface area contributed by atoms with Crippen LogP contribution in [-0.4, -0.2) is 68.5 Å². The van der Waals surface area contributed by atoms with Crippen LogP contribution in [0.25, 0.3) is 0 Å². The third-order valence-electron chi connectivity index (χ3n) is 6.83. The van der Waals surface area contributed by atoms with Gasteiger partial charge >= 0.3 is 0 Å². The van der Waals surface area contributed by atoms with Gasteiger partial charge in [-0.15, -0.1) is 0 Å². The van der Waals surface area contributed by atoms with Crippen LogP contribution in [0.1, 0.15) is 117 Å². The number of hydrogen-bond donors (Lipinski definition) is 2. The van der Waals surface area contributed by atoms with Crippen LogP contribution in [0.2, 0.25) is 0 Å². The Morgan fingerprint density at radius 2 is 1.33 bits per heavy atom. The highest BCUT2D eigenvalue weighted by Crippen LogP contribution is 2.38. The van der Waals surface area contributed by atoms with Crippen LogP contribution in [0.15, 0.2) is 36.5 Å². The lowest BCUT2D eigenvalue weighted by molar-refractivity contribution is -0.870. The van der Waals surface area contributed by atoms with Gasteiger partial charge in [-0.1, -0.05) is 102 Å². The largest absolute Gasteiger partial charge is 0.756 e. The number of likely N-dealkylation sites (N-methyl/N-ethyl adjacent to an activating group) is 1. The van der Waals surface area contributed by atoms with E-state index in [1.54, 1.807) is 6.08 Å². The molecule has 0 fully saturated rings. The third kappa shape index (κ3) is 27.5. The number of hydrogen-bond acceptors (Lipinski definition) is 6. The van der Waals surface area contributed by atoms with Gasteiger partial charge < -0.3 is 28.8 Å². The number of amides is 1. The van der Waals surface area contributed by atoms with Crippen LogP contribution in [-0.2, 0) is 18.4 Å². The summed E-state index contributed by atoms with van der Waals surface area (Å²) in [6, 6.07) is -0.900. The lowest BCUT2D eigenvalue weighted by Gasteiger charge is -2.29. The molecule has 0 saturated heterocycles. The molecule has 246 valence electrons. The zero-order valence-electron chi connectivity index (χ0n) is 27.4. The summed E-state index contributed by atoms with van der Waals surface area (Å²) in [5.41, 5.74) is 0. The highest BCUT2D eigenvalue weighted by atomic mass is 31.2. The van der Waals surface area contributed by atoms with Crippen LogP contribution >= 0.6 is 7.82 Å². The zero-order chi connectivity index (χ0) is 31.5. The van der Waals surface area contributed by atoms with E-state index in [1.165, 1.54) is 38.5 Å². The molecule has 0 bridgehead atoms. The van der Waals surface area contributed by atoms with Crippen molar-refractivity contribution in [2.24, 2.45) is 0 Å². The maximum Gasteiger partial charge on any atom is 0.268 e. The molecule has 0 aliphatic carbocycles. The molecule has 8 nitrogen and oxygen atoms in total. The summed E-state index contributed by atoms with van der Waals surface area (Å²) in [7, 11) is 1.22. The van der Waals surface area contributed by atoms with Gasteiger partial charge in [0.15, 0.2) is 0 Å². The highest BCUT2D eigenvalue weighted by Gasteiger charge is 2.23. The summed E-state index contributed by atoms with van der Waals surface area (Å²) in [5.74, 6) is -0.229. The Morgan fingerprint density at radius 3 is 1.90 bits per heavy atom. The quantitative estimate of drug-likeness (QED) is 0.0426. The number of allylic oxidation sites excluding steroid dienone is 5. The molecular weight excluding hydrogens is 551 g/mol. The Hall–Kier alpha value is -1.28. The fourth-order valence-corrected chi connectivity index (χ4v) is 4.84. The van der Waals surface area contributed by atoms with Crippen molar-refractivity contribution in [2.75, 3.05) is 40.9 Å². The van der Waals surface area contributed by atoms with Crippen molar-refractivity contribution < 1.29 is 32.9 Å². The zero-order valence-corrected chi connectivity index (χ0v) is 28.3. The molecule has 0 aliphatic heterocycles. The van der Waals surface area contributed by atoms with Crippen LogP contribution in [0.4, 0.5) is 0 Å². The van der Waals surface area contributed by atoms with E-state index in [1.807, 2.05) is 27.2 Å². The van der Waals surface area contributed by atoms with Gasteiger partial charge in [0.05, 0.1) is 39.9 Å². The first kappa shape index (κ1) is 40.7. The summed E-state index contributed by atoms with van der Waals surface area (Å²) in [6.45, 7) is 4.46. The first-order valence-corrected chi connectivity index (χ1v) is 17.8. The number of nitrogens with one attached hydrogen (secondary N) is 1. The first-order chi connectivity index (χ1) is 20.0. The normalized spacial score (nSPS) is 15.5. The van der Waals surface area contributed by atoms with Gasteiger partial charge in [0, 0.05) is 6.42 Å². The van der Waals surface area contributed by atoms with E-state index < -0.39 is 26.6 Å². The minimum Gasteiger partial charge on any atom is -0.756 e. The van der Waals surface area contributed by atoms with E-state index in [0.29, 0.717) is 17.4 Å². The predicted octanol–water partition coefficient (Wildman–Crippen LogP) is 6.99. The molecule has 0 heterocycles. The molecule has 9 heteroatoms.